The standard InChI is InChI=1S/C13H17ClN2O/c1-2-12(9-15)16-13(17)8-5-10-3-6-11(14)7-4-10/h3-8,12H,2,9,15H2,1H3,(H,16,17). The van der Waals surface area contributed by atoms with Gasteiger partial charge in [-0.1, -0.05) is 30.7 Å². The maximum atomic E-state index is 11.5. The summed E-state index contributed by atoms with van der Waals surface area (Å²) in [6.45, 7) is 2.44. The normalized spacial score (nSPS) is 12.6. The van der Waals surface area contributed by atoms with E-state index in [4.69, 9.17) is 17.3 Å². The number of rotatable bonds is 5. The Bertz CT molecular complexity index is 383. The topological polar surface area (TPSA) is 55.1 Å². The largest absolute Gasteiger partial charge is 0.349 e. The molecule has 1 rings (SSSR count). The maximum absolute atomic E-state index is 11.5. The maximum Gasteiger partial charge on any atom is 0.244 e. The van der Waals surface area contributed by atoms with Gasteiger partial charge in [0.15, 0.2) is 0 Å². The first-order chi connectivity index (χ1) is 8.15. The van der Waals surface area contributed by atoms with Crippen LogP contribution in [0.4, 0.5) is 0 Å². The minimum atomic E-state index is -0.128. The Labute approximate surface area is 107 Å². The zero-order valence-electron chi connectivity index (χ0n) is 9.82. The molecule has 0 aliphatic heterocycles. The van der Waals surface area contributed by atoms with E-state index < -0.39 is 0 Å². The van der Waals surface area contributed by atoms with Crippen molar-refractivity contribution in [3.05, 3.63) is 40.9 Å². The third-order valence-electron chi connectivity index (χ3n) is 2.42. The highest BCUT2D eigenvalue weighted by molar-refractivity contribution is 6.30. The number of amides is 1. The van der Waals surface area contributed by atoms with Gasteiger partial charge in [-0.25, -0.2) is 0 Å². The van der Waals surface area contributed by atoms with Crippen LogP contribution in [0.25, 0.3) is 6.08 Å². The molecule has 1 aromatic rings. The van der Waals surface area contributed by atoms with Crippen molar-refractivity contribution in [3.63, 3.8) is 0 Å². The van der Waals surface area contributed by atoms with E-state index in [1.807, 2.05) is 19.1 Å². The molecule has 0 saturated heterocycles. The van der Waals surface area contributed by atoms with Gasteiger partial charge in [0.2, 0.25) is 5.91 Å². The lowest BCUT2D eigenvalue weighted by Gasteiger charge is -2.12. The zero-order valence-corrected chi connectivity index (χ0v) is 10.6. The number of hydrogen-bond acceptors (Lipinski definition) is 2. The number of benzene rings is 1. The average molecular weight is 253 g/mol. The van der Waals surface area contributed by atoms with Gasteiger partial charge in [-0.2, -0.15) is 0 Å². The molecule has 1 aromatic carbocycles. The van der Waals surface area contributed by atoms with Crippen molar-refractivity contribution in [1.82, 2.24) is 5.32 Å². The third kappa shape index (κ3) is 5.02. The van der Waals surface area contributed by atoms with E-state index in [0.717, 1.165) is 12.0 Å². The Morgan fingerprint density at radius 3 is 2.65 bits per heavy atom. The van der Waals surface area contributed by atoms with Crippen LogP contribution < -0.4 is 11.1 Å². The number of carbonyl (C=O) groups excluding carboxylic acids is 1. The zero-order chi connectivity index (χ0) is 12.7. The van der Waals surface area contributed by atoms with Crippen molar-refractivity contribution in [2.24, 2.45) is 5.73 Å². The second-order valence-electron chi connectivity index (χ2n) is 3.73. The predicted octanol–water partition coefficient (Wildman–Crippen LogP) is 2.21. The van der Waals surface area contributed by atoms with Crippen molar-refractivity contribution in [2.75, 3.05) is 6.54 Å². The Kier molecular flexibility index (Phi) is 5.73. The molecule has 1 atom stereocenters. The summed E-state index contributed by atoms with van der Waals surface area (Å²) < 4.78 is 0. The molecule has 17 heavy (non-hydrogen) atoms. The molecule has 1 amide bonds. The number of carbonyl (C=O) groups is 1. The molecule has 4 heteroatoms. The Balaban J connectivity index is 2.53. The van der Waals surface area contributed by atoms with E-state index in [2.05, 4.69) is 5.32 Å². The summed E-state index contributed by atoms with van der Waals surface area (Å²) in [5.41, 5.74) is 6.44. The smallest absolute Gasteiger partial charge is 0.244 e. The van der Waals surface area contributed by atoms with Gasteiger partial charge in [-0.3, -0.25) is 4.79 Å². The van der Waals surface area contributed by atoms with E-state index in [-0.39, 0.29) is 11.9 Å². The molecule has 0 aliphatic rings. The van der Waals surface area contributed by atoms with Crippen molar-refractivity contribution in [2.45, 2.75) is 19.4 Å². The first kappa shape index (κ1) is 13.7. The van der Waals surface area contributed by atoms with Gasteiger partial charge < -0.3 is 11.1 Å². The van der Waals surface area contributed by atoms with Crippen LogP contribution in [0.5, 0.6) is 0 Å². The minimum Gasteiger partial charge on any atom is -0.349 e. The lowest BCUT2D eigenvalue weighted by molar-refractivity contribution is -0.117. The molecule has 92 valence electrons. The van der Waals surface area contributed by atoms with Crippen LogP contribution in [0, 0.1) is 0 Å². The quantitative estimate of drug-likeness (QED) is 0.790. The molecule has 0 bridgehead atoms. The van der Waals surface area contributed by atoms with E-state index >= 15 is 0 Å². The van der Waals surface area contributed by atoms with Crippen LogP contribution in [-0.2, 0) is 4.79 Å². The van der Waals surface area contributed by atoms with E-state index in [0.29, 0.717) is 11.6 Å². The van der Waals surface area contributed by atoms with E-state index in [1.54, 1.807) is 18.2 Å². The molecule has 0 aliphatic carbocycles. The van der Waals surface area contributed by atoms with Gasteiger partial charge in [-0.15, -0.1) is 0 Å². The molecule has 0 saturated carbocycles. The summed E-state index contributed by atoms with van der Waals surface area (Å²) in [6, 6.07) is 7.32. The fraction of sp³-hybridized carbons (Fsp3) is 0.308. The van der Waals surface area contributed by atoms with Crippen LogP contribution in [0.1, 0.15) is 18.9 Å². The highest BCUT2D eigenvalue weighted by Crippen LogP contribution is 2.10. The number of hydrogen-bond donors (Lipinski definition) is 2. The summed E-state index contributed by atoms with van der Waals surface area (Å²) in [5.74, 6) is -0.128. The summed E-state index contributed by atoms with van der Waals surface area (Å²) in [5, 5.41) is 3.50. The molecule has 0 heterocycles. The number of nitrogens with one attached hydrogen (secondary N) is 1. The predicted molar refractivity (Wildman–Crippen MR) is 71.8 cm³/mol. The van der Waals surface area contributed by atoms with E-state index in [9.17, 15) is 4.79 Å². The SMILES string of the molecule is CCC(CN)NC(=O)C=Cc1ccc(Cl)cc1. The van der Waals surface area contributed by atoms with Crippen LogP contribution in [0.15, 0.2) is 30.3 Å². The summed E-state index contributed by atoms with van der Waals surface area (Å²) in [7, 11) is 0. The van der Waals surface area contributed by atoms with E-state index in [1.165, 1.54) is 6.08 Å². The van der Waals surface area contributed by atoms with Gasteiger partial charge in [0.1, 0.15) is 0 Å². The lowest BCUT2D eigenvalue weighted by atomic mass is 10.2. The second-order valence-corrected chi connectivity index (χ2v) is 4.17. The van der Waals surface area contributed by atoms with Crippen molar-refractivity contribution in [3.8, 4) is 0 Å². The molecular weight excluding hydrogens is 236 g/mol. The van der Waals surface area contributed by atoms with Crippen LogP contribution in [-0.4, -0.2) is 18.5 Å². The van der Waals surface area contributed by atoms with Crippen molar-refractivity contribution >= 4 is 23.6 Å². The Hall–Kier alpha value is -1.32. The fourth-order valence-corrected chi connectivity index (χ4v) is 1.45. The summed E-state index contributed by atoms with van der Waals surface area (Å²) >= 11 is 5.76. The molecule has 0 fully saturated rings. The summed E-state index contributed by atoms with van der Waals surface area (Å²) in [4.78, 5) is 11.5. The molecule has 0 radical (unpaired) electrons. The number of nitrogens with two attached hydrogens (primary N) is 1. The van der Waals surface area contributed by atoms with Crippen molar-refractivity contribution in [1.29, 1.82) is 0 Å². The summed E-state index contributed by atoms with van der Waals surface area (Å²) in [6.07, 6.45) is 4.08. The highest BCUT2D eigenvalue weighted by Gasteiger charge is 2.04. The van der Waals surface area contributed by atoms with Gasteiger partial charge in [0.05, 0.1) is 0 Å². The minimum absolute atomic E-state index is 0.0392. The molecular formula is C13H17ClN2O. The van der Waals surface area contributed by atoms with Gasteiger partial charge in [-0.05, 0) is 30.2 Å². The average Bonchev–Trinajstić information content (AvgIpc) is 2.35. The highest BCUT2D eigenvalue weighted by atomic mass is 35.5. The Morgan fingerprint density at radius 1 is 1.47 bits per heavy atom. The monoisotopic (exact) mass is 252 g/mol. The third-order valence-corrected chi connectivity index (χ3v) is 2.67. The Morgan fingerprint density at radius 2 is 2.12 bits per heavy atom. The molecule has 1 unspecified atom stereocenters. The van der Waals surface area contributed by atoms with Crippen molar-refractivity contribution < 1.29 is 4.79 Å². The number of halogens is 1. The van der Waals surface area contributed by atoms with Crippen LogP contribution in [0.3, 0.4) is 0 Å². The molecule has 0 aromatic heterocycles. The molecule has 0 spiro atoms. The van der Waals surface area contributed by atoms with Crippen LogP contribution in [0.2, 0.25) is 5.02 Å². The lowest BCUT2D eigenvalue weighted by Crippen LogP contribution is -2.38. The second kappa shape index (κ2) is 7.09. The first-order valence-corrected chi connectivity index (χ1v) is 5.97. The first-order valence-electron chi connectivity index (χ1n) is 5.60. The van der Waals surface area contributed by atoms with Gasteiger partial charge in [0, 0.05) is 23.7 Å². The van der Waals surface area contributed by atoms with Gasteiger partial charge >= 0.3 is 0 Å². The fourth-order valence-electron chi connectivity index (χ4n) is 1.32. The molecule has 3 N–H and O–H groups in total. The van der Waals surface area contributed by atoms with Gasteiger partial charge in [0.25, 0.3) is 0 Å². The molecule has 3 nitrogen and oxygen atoms in total. The van der Waals surface area contributed by atoms with Crippen LogP contribution >= 0.6 is 11.6 Å².